The second-order valence-electron chi connectivity index (χ2n) is 6.69. The van der Waals surface area contributed by atoms with Crippen molar-refractivity contribution in [2.24, 2.45) is 5.16 Å². The number of amides is 2. The summed E-state index contributed by atoms with van der Waals surface area (Å²) in [5.74, 6) is -1.60. The number of carbonyl (C=O) groups excluding carboxylic acids is 2. The molecule has 0 bridgehead atoms. The summed E-state index contributed by atoms with van der Waals surface area (Å²) >= 11 is 5.29. The summed E-state index contributed by atoms with van der Waals surface area (Å²) < 4.78 is 0.711. The average molecular weight is 528 g/mol. The highest BCUT2D eigenvalue weighted by atomic mass is 32.2. The number of β-lactam (4-membered cyclic amide) rings is 1. The van der Waals surface area contributed by atoms with Crippen molar-refractivity contribution in [3.05, 3.63) is 27.4 Å². The van der Waals surface area contributed by atoms with E-state index in [4.69, 9.17) is 10.6 Å². The Balaban J connectivity index is 1.51. The number of carboxylic acid groups (broad SMARTS) is 1. The predicted octanol–water partition coefficient (Wildman–Crippen LogP) is 0.767. The molecule has 1 fully saturated rings. The lowest BCUT2D eigenvalue weighted by molar-refractivity contribution is -0.150. The van der Waals surface area contributed by atoms with E-state index < -0.39 is 29.2 Å². The number of aromatic nitrogens is 3. The maximum Gasteiger partial charge on any atom is 0.352 e. The van der Waals surface area contributed by atoms with E-state index in [1.165, 1.54) is 58.2 Å². The number of carbonyl (C=O) groups is 3. The molecule has 4 rings (SSSR count). The van der Waals surface area contributed by atoms with E-state index in [0.717, 1.165) is 0 Å². The first-order chi connectivity index (χ1) is 15.8. The van der Waals surface area contributed by atoms with E-state index in [1.54, 1.807) is 12.4 Å². The van der Waals surface area contributed by atoms with Crippen molar-refractivity contribution in [3.63, 3.8) is 0 Å². The number of aliphatic carboxylic acids is 1. The summed E-state index contributed by atoms with van der Waals surface area (Å²) in [6, 6.07) is -0.910. The Morgan fingerprint density at radius 1 is 1.48 bits per heavy atom. The first kappa shape index (κ1) is 23.5. The van der Waals surface area contributed by atoms with Crippen molar-refractivity contribution in [3.8, 4) is 0 Å². The molecule has 0 aliphatic carbocycles. The third-order valence-electron chi connectivity index (χ3n) is 4.68. The molecule has 4 N–H and O–H groups in total. The molecule has 4 heterocycles. The molecule has 2 atom stereocenters. The van der Waals surface area contributed by atoms with Crippen LogP contribution >= 0.6 is 46.2 Å². The minimum Gasteiger partial charge on any atom is -0.477 e. The second-order valence-corrected chi connectivity index (χ2v) is 11.1. The molecule has 2 aliphatic rings. The minimum atomic E-state index is -1.19. The molecule has 33 heavy (non-hydrogen) atoms. The molecule has 0 saturated carbocycles. The van der Waals surface area contributed by atoms with Gasteiger partial charge in [-0.15, -0.1) is 33.3 Å². The number of fused-ring (bicyclic) bond motifs is 1. The van der Waals surface area contributed by atoms with Gasteiger partial charge in [0.25, 0.3) is 11.8 Å². The lowest BCUT2D eigenvalue weighted by atomic mass is 10.0. The standard InChI is InChI=1S/C17H17N7O5S4/c1-6-8(21-16(18)33-6)9(23-29-2)12(25)20-10-13(26)24-11(15(27)28)7(3-30-14(10)24)4-31-17-22-19-5-32-17/h5,10,14H,3-4H2,1-2H3,(H2,18,21)(H,20,25)(H,27,28)/t10?,14-/m0/s1. The summed E-state index contributed by atoms with van der Waals surface area (Å²) in [6.45, 7) is 1.74. The SMILES string of the molecule is CON=C(C(=O)NC1C(=O)N2C(C(=O)O)=C(CSc3nncs3)CS[C@@H]12)c1nc(N)sc1C. The van der Waals surface area contributed by atoms with Gasteiger partial charge in [-0.2, -0.15) is 0 Å². The van der Waals surface area contributed by atoms with E-state index in [9.17, 15) is 19.5 Å². The number of carboxylic acids is 1. The Morgan fingerprint density at radius 3 is 2.88 bits per heavy atom. The first-order valence-electron chi connectivity index (χ1n) is 9.26. The number of hydrogen-bond acceptors (Lipinski definition) is 13. The summed E-state index contributed by atoms with van der Waals surface area (Å²) in [6.07, 6.45) is 0. The van der Waals surface area contributed by atoms with Crippen LogP contribution in [-0.4, -0.2) is 78.7 Å². The van der Waals surface area contributed by atoms with Crippen LogP contribution in [0.3, 0.4) is 0 Å². The third kappa shape index (κ3) is 4.55. The van der Waals surface area contributed by atoms with Crippen LogP contribution in [0, 0.1) is 6.92 Å². The highest BCUT2D eigenvalue weighted by Crippen LogP contribution is 2.41. The molecule has 174 valence electrons. The lowest BCUT2D eigenvalue weighted by Crippen LogP contribution is -2.71. The van der Waals surface area contributed by atoms with Gasteiger partial charge in [-0.05, 0) is 12.5 Å². The van der Waals surface area contributed by atoms with Gasteiger partial charge in [0, 0.05) is 16.4 Å². The van der Waals surface area contributed by atoms with Gasteiger partial charge in [0.2, 0.25) is 0 Å². The number of oxime groups is 1. The molecule has 12 nitrogen and oxygen atoms in total. The number of thiazole rings is 1. The number of nitrogen functional groups attached to an aromatic ring is 1. The number of nitrogens with two attached hydrogens (primary N) is 1. The number of anilines is 1. The molecule has 16 heteroatoms. The topological polar surface area (TPSA) is 173 Å². The van der Waals surface area contributed by atoms with Gasteiger partial charge >= 0.3 is 5.97 Å². The highest BCUT2D eigenvalue weighted by Gasteiger charge is 2.54. The summed E-state index contributed by atoms with van der Waals surface area (Å²) in [5, 5.41) is 23.6. The molecular weight excluding hydrogens is 510 g/mol. The van der Waals surface area contributed by atoms with Crippen LogP contribution in [0.5, 0.6) is 0 Å². The quantitative estimate of drug-likeness (QED) is 0.191. The van der Waals surface area contributed by atoms with E-state index in [2.05, 4.69) is 25.7 Å². The van der Waals surface area contributed by atoms with Crippen molar-refractivity contribution >= 4 is 74.8 Å². The Bertz CT molecular complexity index is 1160. The molecule has 2 aliphatic heterocycles. The zero-order valence-corrected chi connectivity index (χ0v) is 20.4. The number of rotatable bonds is 8. The number of hydrogen-bond donors (Lipinski definition) is 3. The lowest BCUT2D eigenvalue weighted by Gasteiger charge is -2.49. The molecule has 2 amide bonds. The molecule has 2 aromatic heterocycles. The van der Waals surface area contributed by atoms with Gasteiger partial charge < -0.3 is 21.0 Å². The summed E-state index contributed by atoms with van der Waals surface area (Å²) in [5.41, 5.74) is 8.02. The largest absolute Gasteiger partial charge is 0.477 e. The van der Waals surface area contributed by atoms with Gasteiger partial charge in [-0.25, -0.2) is 9.78 Å². The van der Waals surface area contributed by atoms with E-state index >= 15 is 0 Å². The monoisotopic (exact) mass is 527 g/mol. The smallest absolute Gasteiger partial charge is 0.352 e. The fourth-order valence-corrected chi connectivity index (χ4v) is 6.96. The van der Waals surface area contributed by atoms with Gasteiger partial charge in [0.1, 0.15) is 35.4 Å². The van der Waals surface area contributed by atoms with Gasteiger partial charge in [-0.3, -0.25) is 14.5 Å². The molecule has 1 saturated heterocycles. The second kappa shape index (κ2) is 9.66. The van der Waals surface area contributed by atoms with Crippen LogP contribution in [-0.2, 0) is 19.2 Å². The van der Waals surface area contributed by atoms with E-state index in [1.807, 2.05) is 0 Å². The van der Waals surface area contributed by atoms with Crippen molar-refractivity contribution in [1.29, 1.82) is 0 Å². The molecule has 0 aromatic carbocycles. The van der Waals surface area contributed by atoms with Crippen LogP contribution < -0.4 is 11.1 Å². The number of nitrogens with zero attached hydrogens (tertiary/aromatic N) is 5. The number of thioether (sulfide) groups is 2. The molecular formula is C17H17N7O5S4. The van der Waals surface area contributed by atoms with E-state index in [0.29, 0.717) is 26.3 Å². The Kier molecular flexibility index (Phi) is 6.87. The average Bonchev–Trinajstić information content (AvgIpc) is 3.42. The molecule has 1 unspecified atom stereocenters. The van der Waals surface area contributed by atoms with Gasteiger partial charge in [-0.1, -0.05) is 28.3 Å². The van der Waals surface area contributed by atoms with Crippen molar-refractivity contribution < 1.29 is 24.3 Å². The van der Waals surface area contributed by atoms with E-state index in [-0.39, 0.29) is 22.2 Å². The van der Waals surface area contributed by atoms with Crippen LogP contribution in [0.25, 0.3) is 0 Å². The fourth-order valence-electron chi connectivity index (χ4n) is 3.30. The predicted molar refractivity (Wildman–Crippen MR) is 125 cm³/mol. The maximum atomic E-state index is 12.9. The van der Waals surface area contributed by atoms with Gasteiger partial charge in [0.05, 0.1) is 0 Å². The van der Waals surface area contributed by atoms with Crippen LogP contribution in [0.1, 0.15) is 10.6 Å². The number of nitrogens with one attached hydrogen (secondary N) is 1. The molecule has 2 aromatic rings. The molecule has 0 radical (unpaired) electrons. The summed E-state index contributed by atoms with van der Waals surface area (Å²) in [7, 11) is 1.29. The van der Waals surface area contributed by atoms with Crippen LogP contribution in [0.2, 0.25) is 0 Å². The van der Waals surface area contributed by atoms with Crippen molar-refractivity contribution in [2.45, 2.75) is 22.7 Å². The van der Waals surface area contributed by atoms with Crippen LogP contribution in [0.4, 0.5) is 5.13 Å². The van der Waals surface area contributed by atoms with Crippen molar-refractivity contribution in [2.75, 3.05) is 24.3 Å². The Morgan fingerprint density at radius 2 is 2.27 bits per heavy atom. The minimum absolute atomic E-state index is 0.0554. The zero-order chi connectivity index (χ0) is 23.7. The van der Waals surface area contributed by atoms with Crippen molar-refractivity contribution in [1.82, 2.24) is 25.4 Å². The fraction of sp³-hybridized carbons (Fsp3) is 0.353. The molecule has 0 spiro atoms. The third-order valence-corrected chi connectivity index (χ3v) is 8.77. The van der Waals surface area contributed by atoms with Gasteiger partial charge in [0.15, 0.2) is 15.2 Å². The Hall–Kier alpha value is -2.69. The van der Waals surface area contributed by atoms with Crippen LogP contribution in [0.15, 0.2) is 26.3 Å². The first-order valence-corrected chi connectivity index (χ1v) is 13.0. The normalized spacial score (nSPS) is 20.4. The zero-order valence-electron chi connectivity index (χ0n) is 17.2. The summed E-state index contributed by atoms with van der Waals surface area (Å²) in [4.78, 5) is 48.6. The Labute approximate surface area is 203 Å². The highest BCUT2D eigenvalue weighted by molar-refractivity contribution is 8.01. The number of aryl methyl sites for hydroxylation is 1. The maximum absolute atomic E-state index is 12.9.